The Morgan fingerprint density at radius 1 is 0.926 bits per heavy atom. The number of nitrogens with zero attached hydrogens (tertiary/aromatic N) is 2. The Morgan fingerprint density at radius 3 is 2.37 bits per heavy atom. The van der Waals surface area contributed by atoms with Crippen LogP contribution in [0.5, 0.6) is 0 Å². The zero-order chi connectivity index (χ0) is 18.9. The van der Waals surface area contributed by atoms with Crippen molar-refractivity contribution < 1.29 is 19.3 Å². The first-order valence-corrected chi connectivity index (χ1v) is 8.73. The lowest BCUT2D eigenvalue weighted by molar-refractivity contribution is -0.384. The fraction of sp³-hybridized carbons (Fsp3) is 0.250. The minimum absolute atomic E-state index is 0.0120. The van der Waals surface area contributed by atoms with Gasteiger partial charge >= 0.3 is 0 Å². The molecule has 27 heavy (non-hydrogen) atoms. The van der Waals surface area contributed by atoms with E-state index in [0.29, 0.717) is 0 Å². The largest absolute Gasteiger partial charge is 0.299 e. The number of nitro groups is 1. The minimum atomic E-state index is -0.724. The molecule has 6 rings (SSSR count). The molecular weight excluding hydrogens is 348 g/mol. The third kappa shape index (κ3) is 1.99. The Labute approximate surface area is 153 Å². The molecule has 0 unspecified atom stereocenters. The molecule has 2 amide bonds. The van der Waals surface area contributed by atoms with Gasteiger partial charge in [0.2, 0.25) is 11.8 Å². The van der Waals surface area contributed by atoms with Crippen LogP contribution in [0.2, 0.25) is 0 Å². The molecule has 4 atom stereocenters. The molecule has 1 aliphatic heterocycles. The molecule has 2 aromatic carbocycles. The molecule has 0 aromatic heterocycles. The Kier molecular flexibility index (Phi) is 3.13. The van der Waals surface area contributed by atoms with Gasteiger partial charge in [-0.05, 0) is 17.2 Å². The normalized spacial score (nSPS) is 28.3. The molecule has 2 bridgehead atoms. The molecule has 0 spiro atoms. The molecule has 1 saturated carbocycles. The molecule has 2 aromatic rings. The minimum Gasteiger partial charge on any atom is -0.299 e. The van der Waals surface area contributed by atoms with Crippen molar-refractivity contribution in [3.05, 3.63) is 69.8 Å². The van der Waals surface area contributed by atoms with Crippen LogP contribution in [0.15, 0.2) is 48.5 Å². The van der Waals surface area contributed by atoms with E-state index >= 15 is 0 Å². The number of fused-ring (bicyclic) bond motifs is 1. The molecule has 3 aliphatic carbocycles. The predicted octanol–water partition coefficient (Wildman–Crippen LogP) is 2.55. The van der Waals surface area contributed by atoms with Crippen molar-refractivity contribution in [2.45, 2.75) is 18.3 Å². The van der Waals surface area contributed by atoms with Crippen LogP contribution in [0.25, 0.3) is 0 Å². The number of nitro benzene ring substituents is 1. The first-order valence-electron chi connectivity index (χ1n) is 8.73. The van der Waals surface area contributed by atoms with Crippen LogP contribution < -0.4 is 4.90 Å². The summed E-state index contributed by atoms with van der Waals surface area (Å²) in [4.78, 5) is 50.5. The molecule has 0 radical (unpaired) electrons. The second-order valence-corrected chi connectivity index (χ2v) is 7.22. The predicted molar refractivity (Wildman–Crippen MR) is 94.1 cm³/mol. The van der Waals surface area contributed by atoms with Crippen LogP contribution in [0, 0.1) is 22.0 Å². The van der Waals surface area contributed by atoms with E-state index in [2.05, 4.69) is 0 Å². The summed E-state index contributed by atoms with van der Waals surface area (Å²) < 4.78 is 0. The van der Waals surface area contributed by atoms with Crippen molar-refractivity contribution in [3.63, 3.8) is 0 Å². The van der Waals surface area contributed by atoms with Crippen molar-refractivity contribution >= 4 is 29.0 Å². The van der Waals surface area contributed by atoms with Crippen molar-refractivity contribution in [3.8, 4) is 0 Å². The number of anilines is 1. The third-order valence-electron chi connectivity index (χ3n) is 5.99. The van der Waals surface area contributed by atoms with Gasteiger partial charge in [-0.15, -0.1) is 0 Å². The molecule has 134 valence electrons. The summed E-state index contributed by atoms with van der Waals surface area (Å²) in [5, 5.41) is 11.1. The number of amides is 2. The number of imide groups is 1. The van der Waals surface area contributed by atoms with E-state index in [0.717, 1.165) is 16.0 Å². The highest BCUT2D eigenvalue weighted by molar-refractivity contribution is 6.24. The average Bonchev–Trinajstić information content (AvgIpc) is 2.94. The number of ketones is 1. The second-order valence-electron chi connectivity index (χ2n) is 7.22. The summed E-state index contributed by atoms with van der Waals surface area (Å²) in [6.45, 7) is 0. The average molecular weight is 362 g/mol. The fourth-order valence-electron chi connectivity index (χ4n) is 4.96. The summed E-state index contributed by atoms with van der Waals surface area (Å²) in [7, 11) is 0. The van der Waals surface area contributed by atoms with Crippen LogP contribution in [0.4, 0.5) is 11.4 Å². The van der Waals surface area contributed by atoms with Gasteiger partial charge in [0.1, 0.15) is 5.78 Å². The standard InChI is InChI=1S/C20H14N2O5/c23-15-9-14-12-6-1-2-7-13(12)16(15)18-17(14)19(24)21(20(18)25)10-4-3-5-11(8-10)22(26)27/h1-8,14,16-18H,9H2/t14-,16-,17-,18+/m0/s1. The molecule has 1 heterocycles. The summed E-state index contributed by atoms with van der Waals surface area (Å²) in [6.07, 6.45) is 0.255. The Balaban J connectivity index is 1.63. The maximum absolute atomic E-state index is 13.2. The maximum Gasteiger partial charge on any atom is 0.271 e. The number of benzene rings is 2. The molecule has 4 aliphatic rings. The van der Waals surface area contributed by atoms with Gasteiger partial charge in [0, 0.05) is 24.5 Å². The highest BCUT2D eigenvalue weighted by Crippen LogP contribution is 2.57. The first-order chi connectivity index (χ1) is 13.0. The molecule has 7 heteroatoms. The number of hydrogen-bond donors (Lipinski definition) is 0. The summed E-state index contributed by atoms with van der Waals surface area (Å²) in [5.74, 6) is -3.07. The van der Waals surface area contributed by atoms with Crippen molar-refractivity contribution in [1.29, 1.82) is 0 Å². The van der Waals surface area contributed by atoms with E-state index in [-0.39, 0.29) is 35.4 Å². The van der Waals surface area contributed by atoms with Crippen LogP contribution in [-0.2, 0) is 14.4 Å². The van der Waals surface area contributed by atoms with Crippen LogP contribution in [0.1, 0.15) is 29.4 Å². The van der Waals surface area contributed by atoms with Gasteiger partial charge in [0.05, 0.1) is 28.4 Å². The van der Waals surface area contributed by atoms with Crippen LogP contribution >= 0.6 is 0 Å². The summed E-state index contributed by atoms with van der Waals surface area (Å²) in [5.41, 5.74) is 1.79. The van der Waals surface area contributed by atoms with Crippen molar-refractivity contribution in [2.75, 3.05) is 4.90 Å². The summed E-state index contributed by atoms with van der Waals surface area (Å²) in [6, 6.07) is 13.0. The lowest BCUT2D eigenvalue weighted by Crippen LogP contribution is -2.44. The number of non-ortho nitro benzene ring substituents is 1. The number of Topliss-reactive ketones (excluding diaryl/α,β-unsaturated/α-hetero) is 1. The number of carbonyl (C=O) groups is 3. The monoisotopic (exact) mass is 362 g/mol. The van der Waals surface area contributed by atoms with E-state index in [4.69, 9.17) is 0 Å². The molecule has 0 N–H and O–H groups in total. The maximum atomic E-state index is 13.2. The number of hydrogen-bond acceptors (Lipinski definition) is 5. The quantitative estimate of drug-likeness (QED) is 0.465. The molecule has 7 nitrogen and oxygen atoms in total. The van der Waals surface area contributed by atoms with Gasteiger partial charge in [-0.25, -0.2) is 4.90 Å². The van der Waals surface area contributed by atoms with Crippen LogP contribution in [-0.4, -0.2) is 22.5 Å². The van der Waals surface area contributed by atoms with Gasteiger partial charge in [-0.3, -0.25) is 24.5 Å². The van der Waals surface area contributed by atoms with E-state index in [1.54, 1.807) is 0 Å². The zero-order valence-electron chi connectivity index (χ0n) is 14.1. The first kappa shape index (κ1) is 15.9. The second kappa shape index (κ2) is 5.33. The van der Waals surface area contributed by atoms with Crippen molar-refractivity contribution in [1.82, 2.24) is 0 Å². The fourth-order valence-corrected chi connectivity index (χ4v) is 4.96. The van der Waals surface area contributed by atoms with Crippen molar-refractivity contribution in [2.24, 2.45) is 11.8 Å². The van der Waals surface area contributed by atoms with Gasteiger partial charge in [0.15, 0.2) is 0 Å². The lowest BCUT2D eigenvalue weighted by atomic mass is 9.56. The summed E-state index contributed by atoms with van der Waals surface area (Å²) >= 11 is 0. The van der Waals surface area contributed by atoms with Gasteiger partial charge < -0.3 is 0 Å². The zero-order valence-corrected chi connectivity index (χ0v) is 14.1. The topological polar surface area (TPSA) is 97.6 Å². The highest BCUT2D eigenvalue weighted by atomic mass is 16.6. The van der Waals surface area contributed by atoms with Gasteiger partial charge in [-0.2, -0.15) is 0 Å². The molecule has 1 saturated heterocycles. The van der Waals surface area contributed by atoms with E-state index in [9.17, 15) is 24.5 Å². The molecular formula is C20H14N2O5. The SMILES string of the molecule is O=C1C[C@H]2c3ccccc3[C@@H]1[C@H]1C(=O)N(c3cccc([N+](=O)[O-])c3)C(=O)[C@H]12. The van der Waals surface area contributed by atoms with Crippen LogP contribution in [0.3, 0.4) is 0 Å². The van der Waals surface area contributed by atoms with E-state index in [1.807, 2.05) is 24.3 Å². The molecule has 2 fully saturated rings. The number of carbonyl (C=O) groups excluding carboxylic acids is 3. The van der Waals surface area contributed by atoms with Gasteiger partial charge in [-0.1, -0.05) is 30.3 Å². The number of rotatable bonds is 2. The van der Waals surface area contributed by atoms with E-state index < -0.39 is 28.6 Å². The Hall–Kier alpha value is -3.35. The highest BCUT2D eigenvalue weighted by Gasteiger charge is 2.62. The third-order valence-corrected chi connectivity index (χ3v) is 5.99. The smallest absolute Gasteiger partial charge is 0.271 e. The van der Waals surface area contributed by atoms with E-state index in [1.165, 1.54) is 24.3 Å². The Morgan fingerprint density at radius 2 is 1.63 bits per heavy atom. The van der Waals surface area contributed by atoms with Gasteiger partial charge in [0.25, 0.3) is 5.69 Å². The Bertz CT molecular complexity index is 1050. The lowest BCUT2D eigenvalue weighted by Gasteiger charge is -2.43.